The zero-order valence-electron chi connectivity index (χ0n) is 20.9. The van der Waals surface area contributed by atoms with Gasteiger partial charge in [0.2, 0.25) is 0 Å². The Morgan fingerprint density at radius 1 is 1.47 bits per heavy atom. The summed E-state index contributed by atoms with van der Waals surface area (Å²) in [5, 5.41) is 19.7. The van der Waals surface area contributed by atoms with Crippen LogP contribution in [0.1, 0.15) is 46.7 Å². The Bertz CT molecular complexity index is 1140. The molecule has 1 atom stereocenters. The largest absolute Gasteiger partial charge is 0.497 e. The highest BCUT2D eigenvalue weighted by Crippen LogP contribution is 2.38. The number of anilines is 1. The number of allylic oxidation sites excluding steroid dienone is 3. The first kappa shape index (κ1) is 28.4. The number of hydrogen-bond acceptors (Lipinski definition) is 9. The first-order chi connectivity index (χ1) is 17.3. The summed E-state index contributed by atoms with van der Waals surface area (Å²) in [5.41, 5.74) is 3.45. The van der Waals surface area contributed by atoms with Crippen LogP contribution >= 0.6 is 11.3 Å². The first-order valence-electron chi connectivity index (χ1n) is 11.4. The van der Waals surface area contributed by atoms with Crippen molar-refractivity contribution in [2.45, 2.75) is 51.7 Å². The van der Waals surface area contributed by atoms with Crippen LogP contribution in [0.15, 0.2) is 47.2 Å². The third-order valence-electron chi connectivity index (χ3n) is 5.28. The number of thiophene rings is 1. The van der Waals surface area contributed by atoms with Crippen LogP contribution in [0.3, 0.4) is 0 Å². The first-order valence-corrected chi connectivity index (χ1v) is 12.2. The van der Waals surface area contributed by atoms with Crippen LogP contribution in [-0.4, -0.2) is 37.8 Å². The van der Waals surface area contributed by atoms with E-state index < -0.39 is 6.09 Å². The van der Waals surface area contributed by atoms with Gasteiger partial charge < -0.3 is 29.4 Å². The highest BCUT2D eigenvalue weighted by Gasteiger charge is 2.27. The Morgan fingerprint density at radius 3 is 2.83 bits per heavy atom. The van der Waals surface area contributed by atoms with Gasteiger partial charge in [-0.25, -0.2) is 4.79 Å². The van der Waals surface area contributed by atoms with Crippen LogP contribution in [0.2, 0.25) is 0 Å². The fourth-order valence-electron chi connectivity index (χ4n) is 3.52. The van der Waals surface area contributed by atoms with Gasteiger partial charge in [0.05, 0.1) is 24.9 Å². The second-order valence-corrected chi connectivity index (χ2v) is 9.05. The summed E-state index contributed by atoms with van der Waals surface area (Å²) in [6.07, 6.45) is 6.89. The summed E-state index contributed by atoms with van der Waals surface area (Å²) in [7, 11) is 3.38. The summed E-state index contributed by atoms with van der Waals surface area (Å²) in [6, 6.07) is 4.03. The molecule has 2 aromatic rings. The van der Waals surface area contributed by atoms with Crippen molar-refractivity contribution in [3.05, 3.63) is 70.2 Å². The van der Waals surface area contributed by atoms with E-state index in [2.05, 4.69) is 35.0 Å². The van der Waals surface area contributed by atoms with Crippen LogP contribution in [-0.2, 0) is 33.7 Å². The van der Waals surface area contributed by atoms with Gasteiger partial charge in [-0.05, 0) is 43.9 Å². The fraction of sp³-hybridized carbons (Fsp3) is 0.385. The molecule has 9 nitrogen and oxygen atoms in total. The maximum atomic E-state index is 11.9. The summed E-state index contributed by atoms with van der Waals surface area (Å²) in [4.78, 5) is 23.1. The lowest BCUT2D eigenvalue weighted by Gasteiger charge is -2.22. The minimum absolute atomic E-state index is 0.177. The van der Waals surface area contributed by atoms with Gasteiger partial charge in [0, 0.05) is 30.8 Å². The Hall–Kier alpha value is -3.84. The molecule has 0 aromatic carbocycles. The number of rotatable bonds is 10. The van der Waals surface area contributed by atoms with E-state index in [1.807, 2.05) is 14.0 Å². The molecule has 1 aliphatic carbocycles. The number of nitriles is 1. The number of fused-ring (bicyclic) bond motifs is 1. The van der Waals surface area contributed by atoms with Crippen LogP contribution in [0.5, 0.6) is 0 Å². The summed E-state index contributed by atoms with van der Waals surface area (Å²) < 4.78 is 15.5. The molecule has 1 aliphatic rings. The number of aromatic nitrogens is 1. The SMILES string of the molecule is C=C/C(=C\C(=C)CCC=O)OC.CNc1sc2c(c1C#N)CCC(OC(=O)NCc1cc(C)no1)C2. The average Bonchev–Trinajstić information content (AvgIpc) is 3.47. The molecule has 3 rings (SSSR count). The highest BCUT2D eigenvalue weighted by atomic mass is 32.1. The molecule has 1 unspecified atom stereocenters. The summed E-state index contributed by atoms with van der Waals surface area (Å²) >= 11 is 1.56. The lowest BCUT2D eigenvalue weighted by Crippen LogP contribution is -2.31. The number of nitrogens with zero attached hydrogens (tertiary/aromatic N) is 2. The molecule has 2 heterocycles. The molecular weight excluding hydrogens is 480 g/mol. The van der Waals surface area contributed by atoms with Crippen LogP contribution in [0, 0.1) is 18.3 Å². The number of aldehydes is 1. The number of hydrogen-bond donors (Lipinski definition) is 2. The fourth-order valence-corrected chi connectivity index (χ4v) is 4.74. The van der Waals surface area contributed by atoms with E-state index in [-0.39, 0.29) is 12.6 Å². The van der Waals surface area contributed by atoms with Gasteiger partial charge in [-0.15, -0.1) is 11.3 Å². The second-order valence-electron chi connectivity index (χ2n) is 7.95. The number of carbonyl (C=O) groups excluding carboxylic acids is 2. The van der Waals surface area contributed by atoms with Gasteiger partial charge in [-0.3, -0.25) is 0 Å². The molecule has 10 heteroatoms. The second kappa shape index (κ2) is 14.5. The smallest absolute Gasteiger partial charge is 0.407 e. The minimum Gasteiger partial charge on any atom is -0.497 e. The molecule has 36 heavy (non-hydrogen) atoms. The quantitative estimate of drug-likeness (QED) is 0.259. The lowest BCUT2D eigenvalue weighted by atomic mass is 9.94. The molecule has 1 amide bonds. The van der Waals surface area contributed by atoms with Crippen molar-refractivity contribution < 1.29 is 23.6 Å². The van der Waals surface area contributed by atoms with Gasteiger partial charge in [-0.2, -0.15) is 5.26 Å². The Balaban J connectivity index is 0.000000324. The molecule has 0 saturated carbocycles. The van der Waals surface area contributed by atoms with Gasteiger partial charge in [0.1, 0.15) is 29.2 Å². The third-order valence-corrected chi connectivity index (χ3v) is 6.55. The normalized spacial score (nSPS) is 14.3. The topological polar surface area (TPSA) is 126 Å². The molecular formula is C26H32N4O5S. The Morgan fingerprint density at radius 2 is 2.25 bits per heavy atom. The molecule has 2 N–H and O–H groups in total. The standard InChI is InChI=1S/C16H18N4O3S.C10H14O2/c1-9-5-11(23-20-9)8-19-16(21)22-10-3-4-12-13(7-17)15(18-2)24-14(12)6-10;1-4-10(12-3)8-9(2)6-5-7-11/h5,10,18H,3-4,6,8H2,1-2H3,(H,19,21);4,7-8H,1-2,5-6H2,3H3/b;10-8+. The van der Waals surface area contributed by atoms with E-state index in [1.54, 1.807) is 36.7 Å². The van der Waals surface area contributed by atoms with Gasteiger partial charge in [0.15, 0.2) is 5.76 Å². The molecule has 0 saturated heterocycles. The van der Waals surface area contributed by atoms with Crippen molar-refractivity contribution in [3.8, 4) is 6.07 Å². The number of ether oxygens (including phenoxy) is 2. The third kappa shape index (κ3) is 8.43. The molecule has 2 aromatic heterocycles. The predicted molar refractivity (Wildman–Crippen MR) is 139 cm³/mol. The lowest BCUT2D eigenvalue weighted by molar-refractivity contribution is -0.107. The summed E-state index contributed by atoms with van der Waals surface area (Å²) in [6.45, 7) is 9.40. The number of aryl methyl sites for hydroxylation is 1. The van der Waals surface area contributed by atoms with E-state index in [1.165, 1.54) is 0 Å². The molecule has 0 fully saturated rings. The number of nitrogens with one attached hydrogen (secondary N) is 2. The number of amides is 1. The van der Waals surface area contributed by atoms with Crippen molar-refractivity contribution in [1.29, 1.82) is 5.26 Å². The molecule has 192 valence electrons. The van der Waals surface area contributed by atoms with Gasteiger partial charge in [-0.1, -0.05) is 23.9 Å². The number of methoxy groups -OCH3 is 1. The molecule has 0 aliphatic heterocycles. The number of alkyl carbamates (subject to hydrolysis) is 1. The maximum Gasteiger partial charge on any atom is 0.407 e. The molecule has 0 bridgehead atoms. The van der Waals surface area contributed by atoms with E-state index in [9.17, 15) is 14.9 Å². The van der Waals surface area contributed by atoms with E-state index >= 15 is 0 Å². The van der Waals surface area contributed by atoms with E-state index in [4.69, 9.17) is 14.0 Å². The Kier molecular flexibility index (Phi) is 11.5. The minimum atomic E-state index is -0.469. The van der Waals surface area contributed by atoms with Crippen molar-refractivity contribution >= 4 is 28.7 Å². The highest BCUT2D eigenvalue weighted by molar-refractivity contribution is 7.16. The van der Waals surface area contributed by atoms with Crippen molar-refractivity contribution in [1.82, 2.24) is 10.5 Å². The van der Waals surface area contributed by atoms with Crippen molar-refractivity contribution in [2.75, 3.05) is 19.5 Å². The monoisotopic (exact) mass is 512 g/mol. The number of carbonyl (C=O) groups is 2. The molecule has 0 radical (unpaired) electrons. The van der Waals surface area contributed by atoms with Crippen molar-refractivity contribution in [3.63, 3.8) is 0 Å². The van der Waals surface area contributed by atoms with E-state index in [0.29, 0.717) is 30.8 Å². The van der Waals surface area contributed by atoms with E-state index in [0.717, 1.165) is 51.4 Å². The average molecular weight is 513 g/mol. The summed E-state index contributed by atoms with van der Waals surface area (Å²) in [5.74, 6) is 1.26. The van der Waals surface area contributed by atoms with Crippen LogP contribution in [0.25, 0.3) is 0 Å². The maximum absolute atomic E-state index is 11.9. The zero-order valence-corrected chi connectivity index (χ0v) is 21.7. The van der Waals surface area contributed by atoms with Crippen LogP contribution < -0.4 is 10.6 Å². The zero-order chi connectivity index (χ0) is 26.5. The van der Waals surface area contributed by atoms with Crippen molar-refractivity contribution in [2.24, 2.45) is 0 Å². The molecule has 0 spiro atoms. The predicted octanol–water partition coefficient (Wildman–Crippen LogP) is 4.98. The van der Waals surface area contributed by atoms with Gasteiger partial charge in [0.25, 0.3) is 0 Å². The van der Waals surface area contributed by atoms with Crippen LogP contribution in [0.4, 0.5) is 9.80 Å². The van der Waals surface area contributed by atoms with Gasteiger partial charge >= 0.3 is 6.09 Å². The Labute approximate surface area is 215 Å².